The van der Waals surface area contributed by atoms with Crippen molar-refractivity contribution in [1.29, 1.82) is 0 Å². The van der Waals surface area contributed by atoms with Gasteiger partial charge in [0.25, 0.3) is 0 Å². The highest BCUT2D eigenvalue weighted by Gasteiger charge is 2.16. The minimum absolute atomic E-state index is 0.0347. The number of nitrogens with zero attached hydrogens (tertiary/aromatic N) is 1. The molecule has 0 saturated carbocycles. The smallest absolute Gasteiger partial charge is 0.404 e. The van der Waals surface area contributed by atoms with E-state index in [9.17, 15) is 4.79 Å². The molecule has 0 unspecified atom stereocenters. The average Bonchev–Trinajstić information content (AvgIpc) is 2.88. The van der Waals surface area contributed by atoms with Crippen LogP contribution in [0.5, 0.6) is 0 Å². The molecule has 1 heterocycles. The number of rotatable bonds is 2. The molecular weight excluding hydrogens is 339 g/mol. The Hall–Kier alpha value is -2.57. The molecule has 0 fully saturated rings. The Morgan fingerprint density at radius 2 is 2.00 bits per heavy atom. The number of halogens is 2. The average molecular weight is 350 g/mol. The van der Waals surface area contributed by atoms with Gasteiger partial charge < -0.3 is 10.2 Å². The van der Waals surface area contributed by atoms with Crippen LogP contribution < -0.4 is 16.0 Å². The van der Waals surface area contributed by atoms with Gasteiger partial charge in [-0.1, -0.05) is 40.3 Å². The maximum atomic E-state index is 12.1. The number of hydrogen-bond donors (Lipinski definition) is 3. The van der Waals surface area contributed by atoms with Gasteiger partial charge in [-0.2, -0.15) is 0 Å². The number of amides is 1. The van der Waals surface area contributed by atoms with Crippen LogP contribution in [0.3, 0.4) is 0 Å². The topological polar surface area (TPSA) is 95.1 Å². The highest BCUT2D eigenvalue weighted by molar-refractivity contribution is 6.37. The highest BCUT2D eigenvalue weighted by Crippen LogP contribution is 2.20. The molecule has 0 saturated heterocycles. The lowest BCUT2D eigenvalue weighted by molar-refractivity contribution is -0.381. The van der Waals surface area contributed by atoms with Crippen LogP contribution >= 0.6 is 23.2 Å². The SMILES string of the molecule is NC(NC(=O)c1ccc(Cl)cc1Cl)=[NH+]c1nc2ccccc2o1. The number of para-hydroxylation sites is 2. The lowest BCUT2D eigenvalue weighted by atomic mass is 10.2. The number of carbonyl (C=O) groups is 1. The van der Waals surface area contributed by atoms with Gasteiger partial charge in [-0.25, -0.2) is 10.3 Å². The predicted molar refractivity (Wildman–Crippen MR) is 87.8 cm³/mol. The van der Waals surface area contributed by atoms with Gasteiger partial charge in [-0.15, -0.1) is 0 Å². The number of oxazole rings is 1. The van der Waals surface area contributed by atoms with Crippen molar-refractivity contribution in [2.24, 2.45) is 5.73 Å². The first kappa shape index (κ1) is 15.3. The normalized spacial score (nSPS) is 11.7. The second kappa shape index (κ2) is 6.28. The predicted octanol–water partition coefficient (Wildman–Crippen LogP) is 1.59. The summed E-state index contributed by atoms with van der Waals surface area (Å²) in [7, 11) is 0. The third kappa shape index (κ3) is 3.44. The molecule has 3 aromatic rings. The molecule has 2 aromatic carbocycles. The van der Waals surface area contributed by atoms with Gasteiger partial charge in [-0.05, 0) is 30.3 Å². The van der Waals surface area contributed by atoms with Gasteiger partial charge in [0.2, 0.25) is 0 Å². The molecular formula is C15H11Cl2N4O2+. The summed E-state index contributed by atoms with van der Waals surface area (Å²) in [5.41, 5.74) is 7.28. The Balaban J connectivity index is 1.79. The molecule has 0 bridgehead atoms. The van der Waals surface area contributed by atoms with Crippen LogP contribution in [-0.4, -0.2) is 16.9 Å². The van der Waals surface area contributed by atoms with Gasteiger partial charge in [0.15, 0.2) is 11.1 Å². The molecule has 3 rings (SSSR count). The summed E-state index contributed by atoms with van der Waals surface area (Å²) >= 11 is 11.8. The molecule has 23 heavy (non-hydrogen) atoms. The summed E-state index contributed by atoms with van der Waals surface area (Å²) < 4.78 is 5.45. The van der Waals surface area contributed by atoms with Gasteiger partial charge >= 0.3 is 17.9 Å². The Kier molecular flexibility index (Phi) is 4.18. The van der Waals surface area contributed by atoms with E-state index in [0.717, 1.165) is 0 Å². The maximum Gasteiger partial charge on any atom is 0.406 e. The van der Waals surface area contributed by atoms with Crippen molar-refractivity contribution in [3.8, 4) is 0 Å². The van der Waals surface area contributed by atoms with E-state index in [1.54, 1.807) is 18.2 Å². The van der Waals surface area contributed by atoms with Crippen molar-refractivity contribution in [2.75, 3.05) is 0 Å². The van der Waals surface area contributed by atoms with E-state index >= 15 is 0 Å². The minimum Gasteiger partial charge on any atom is -0.404 e. The molecule has 6 nitrogen and oxygen atoms in total. The van der Waals surface area contributed by atoms with Crippen LogP contribution in [0, 0.1) is 0 Å². The summed E-state index contributed by atoms with van der Waals surface area (Å²) in [6.07, 6.45) is 0. The molecule has 1 aromatic heterocycles. The van der Waals surface area contributed by atoms with Crippen molar-refractivity contribution < 1.29 is 14.2 Å². The van der Waals surface area contributed by atoms with Gasteiger partial charge in [0, 0.05) is 5.02 Å². The lowest BCUT2D eigenvalue weighted by Gasteiger charge is -2.02. The van der Waals surface area contributed by atoms with Gasteiger partial charge in [-0.3, -0.25) is 4.79 Å². The zero-order valence-electron chi connectivity index (χ0n) is 11.6. The van der Waals surface area contributed by atoms with E-state index in [2.05, 4.69) is 15.3 Å². The molecule has 8 heteroatoms. The second-order valence-corrected chi connectivity index (χ2v) is 5.45. The number of guanidine groups is 1. The van der Waals surface area contributed by atoms with Crippen LogP contribution in [0.1, 0.15) is 10.4 Å². The number of nitrogens with one attached hydrogen (secondary N) is 2. The number of carbonyl (C=O) groups excluding carboxylic acids is 1. The Morgan fingerprint density at radius 3 is 2.74 bits per heavy atom. The molecule has 1 amide bonds. The Bertz CT molecular complexity index is 888. The maximum absolute atomic E-state index is 12.1. The molecule has 0 radical (unpaired) electrons. The van der Waals surface area contributed by atoms with E-state index in [0.29, 0.717) is 16.1 Å². The quantitative estimate of drug-likeness (QED) is 0.483. The summed E-state index contributed by atoms with van der Waals surface area (Å²) in [6, 6.07) is 12.0. The molecule has 4 N–H and O–H groups in total. The van der Waals surface area contributed by atoms with E-state index in [4.69, 9.17) is 33.4 Å². The lowest BCUT2D eigenvalue weighted by Crippen LogP contribution is -2.74. The highest BCUT2D eigenvalue weighted by atomic mass is 35.5. The molecule has 0 aliphatic heterocycles. The van der Waals surface area contributed by atoms with Crippen LogP contribution in [0.15, 0.2) is 46.9 Å². The molecule has 116 valence electrons. The van der Waals surface area contributed by atoms with Crippen LogP contribution in [0.2, 0.25) is 10.0 Å². The Labute approximate surface area is 140 Å². The Morgan fingerprint density at radius 1 is 1.22 bits per heavy atom. The summed E-state index contributed by atoms with van der Waals surface area (Å²) in [5.74, 6) is -0.514. The first-order chi connectivity index (χ1) is 11.0. The third-order valence-corrected chi connectivity index (χ3v) is 3.51. The summed E-state index contributed by atoms with van der Waals surface area (Å²) in [5, 5.41) is 3.13. The van der Waals surface area contributed by atoms with Gasteiger partial charge in [0.05, 0.1) is 10.6 Å². The summed E-state index contributed by atoms with van der Waals surface area (Å²) in [4.78, 5) is 19.0. The zero-order valence-corrected chi connectivity index (χ0v) is 13.2. The number of fused-ring (bicyclic) bond motifs is 1. The number of benzene rings is 2. The van der Waals surface area contributed by atoms with E-state index in [-0.39, 0.29) is 22.6 Å². The monoisotopic (exact) mass is 349 g/mol. The number of hydrogen-bond acceptors (Lipinski definition) is 3. The van der Waals surface area contributed by atoms with Crippen molar-refractivity contribution in [1.82, 2.24) is 10.3 Å². The van der Waals surface area contributed by atoms with E-state index < -0.39 is 5.91 Å². The molecule has 0 spiro atoms. The molecule has 0 aliphatic carbocycles. The first-order valence-corrected chi connectivity index (χ1v) is 7.30. The minimum atomic E-state index is -0.479. The fourth-order valence-corrected chi connectivity index (χ4v) is 2.43. The zero-order chi connectivity index (χ0) is 16.4. The summed E-state index contributed by atoms with van der Waals surface area (Å²) in [6.45, 7) is 0. The largest absolute Gasteiger partial charge is 0.406 e. The molecule has 0 aliphatic rings. The van der Waals surface area contributed by atoms with Crippen molar-refractivity contribution >= 4 is 52.2 Å². The fourth-order valence-electron chi connectivity index (χ4n) is 1.94. The van der Waals surface area contributed by atoms with Crippen molar-refractivity contribution in [3.63, 3.8) is 0 Å². The third-order valence-electron chi connectivity index (χ3n) is 2.96. The van der Waals surface area contributed by atoms with Crippen LogP contribution in [0.4, 0.5) is 6.01 Å². The van der Waals surface area contributed by atoms with Crippen molar-refractivity contribution in [3.05, 3.63) is 58.1 Å². The second-order valence-electron chi connectivity index (χ2n) is 4.60. The van der Waals surface area contributed by atoms with E-state index in [1.165, 1.54) is 12.1 Å². The van der Waals surface area contributed by atoms with E-state index in [1.807, 2.05) is 12.1 Å². The molecule has 0 atom stereocenters. The number of aromatic nitrogens is 1. The van der Waals surface area contributed by atoms with Crippen LogP contribution in [-0.2, 0) is 0 Å². The van der Waals surface area contributed by atoms with Gasteiger partial charge in [0.1, 0.15) is 0 Å². The standard InChI is InChI=1S/C15H10Cl2N4O2/c16-8-5-6-9(10(17)7-8)13(22)20-14(18)21-15-19-11-3-1-2-4-12(11)23-15/h1-7H,(H3,18,19,20,21,22)/p+1. The van der Waals surface area contributed by atoms with Crippen LogP contribution in [0.25, 0.3) is 11.1 Å². The fraction of sp³-hybridized carbons (Fsp3) is 0. The number of nitrogens with two attached hydrogens (primary N) is 1. The first-order valence-electron chi connectivity index (χ1n) is 6.54. The van der Waals surface area contributed by atoms with Crippen molar-refractivity contribution in [2.45, 2.75) is 0 Å².